The summed E-state index contributed by atoms with van der Waals surface area (Å²) in [4.78, 5) is 0. The molecule has 0 saturated heterocycles. The second-order valence-corrected chi connectivity index (χ2v) is 5.13. The molecule has 0 spiro atoms. The van der Waals surface area contributed by atoms with Crippen LogP contribution in [0.2, 0.25) is 0 Å². The average molecular weight is 227 g/mol. The highest BCUT2D eigenvalue weighted by molar-refractivity contribution is 4.82. The number of hydrogen-bond acceptors (Lipinski definition) is 2. The number of nitrogens with one attached hydrogen (secondary N) is 1. The summed E-state index contributed by atoms with van der Waals surface area (Å²) in [6.07, 6.45) is 8.21. The van der Waals surface area contributed by atoms with Crippen molar-refractivity contribution in [3.05, 3.63) is 0 Å². The molecule has 1 N–H and O–H groups in total. The molecular weight excluding hydrogens is 198 g/mol. The minimum atomic E-state index is 0.434. The minimum Gasteiger partial charge on any atom is -0.379 e. The van der Waals surface area contributed by atoms with Gasteiger partial charge in [-0.05, 0) is 51.5 Å². The Kier molecular flexibility index (Phi) is 7.06. The summed E-state index contributed by atoms with van der Waals surface area (Å²) in [6.45, 7) is 8.72. The fourth-order valence-corrected chi connectivity index (χ4v) is 2.52. The topological polar surface area (TPSA) is 21.3 Å². The van der Waals surface area contributed by atoms with Crippen molar-refractivity contribution < 1.29 is 4.74 Å². The molecule has 96 valence electrons. The fourth-order valence-electron chi connectivity index (χ4n) is 2.52. The van der Waals surface area contributed by atoms with E-state index in [1.54, 1.807) is 0 Å². The highest BCUT2D eigenvalue weighted by atomic mass is 16.5. The highest BCUT2D eigenvalue weighted by Gasteiger charge is 2.26. The monoisotopic (exact) mass is 227 g/mol. The molecule has 0 amide bonds. The highest BCUT2D eigenvalue weighted by Crippen LogP contribution is 2.28. The number of ether oxygens (including phenoxy) is 1. The van der Waals surface area contributed by atoms with E-state index in [4.69, 9.17) is 4.74 Å². The zero-order valence-electron chi connectivity index (χ0n) is 11.3. The van der Waals surface area contributed by atoms with Gasteiger partial charge < -0.3 is 10.1 Å². The van der Waals surface area contributed by atoms with Crippen LogP contribution < -0.4 is 5.32 Å². The Morgan fingerprint density at radius 2 is 2.12 bits per heavy atom. The van der Waals surface area contributed by atoms with E-state index in [-0.39, 0.29) is 0 Å². The number of hydrogen-bond donors (Lipinski definition) is 1. The molecule has 1 rings (SSSR count). The number of rotatable bonds is 8. The normalized spacial score (nSPS) is 27.2. The zero-order valence-corrected chi connectivity index (χ0v) is 11.3. The Labute approximate surface area is 101 Å². The van der Waals surface area contributed by atoms with Crippen molar-refractivity contribution in [1.29, 1.82) is 0 Å². The third-order valence-electron chi connectivity index (χ3n) is 3.78. The SMILES string of the molecule is CCCNC1CCCC1CCOC(C)CC. The van der Waals surface area contributed by atoms with Crippen molar-refractivity contribution in [3.8, 4) is 0 Å². The summed E-state index contributed by atoms with van der Waals surface area (Å²) in [5.41, 5.74) is 0. The summed E-state index contributed by atoms with van der Waals surface area (Å²) in [5, 5.41) is 3.68. The van der Waals surface area contributed by atoms with Gasteiger partial charge in [0.15, 0.2) is 0 Å². The molecular formula is C14H29NO. The van der Waals surface area contributed by atoms with Gasteiger partial charge in [0.05, 0.1) is 6.10 Å². The predicted molar refractivity (Wildman–Crippen MR) is 69.7 cm³/mol. The first kappa shape index (κ1) is 14.0. The van der Waals surface area contributed by atoms with Crippen LogP contribution in [0.25, 0.3) is 0 Å². The summed E-state index contributed by atoms with van der Waals surface area (Å²) < 4.78 is 5.78. The van der Waals surface area contributed by atoms with Crippen LogP contribution in [-0.2, 0) is 4.74 Å². The lowest BCUT2D eigenvalue weighted by Gasteiger charge is -2.21. The molecule has 2 heteroatoms. The van der Waals surface area contributed by atoms with Gasteiger partial charge in [0.2, 0.25) is 0 Å². The molecule has 0 heterocycles. The van der Waals surface area contributed by atoms with Crippen LogP contribution in [-0.4, -0.2) is 25.3 Å². The molecule has 1 aliphatic carbocycles. The molecule has 1 aliphatic rings. The largest absolute Gasteiger partial charge is 0.379 e. The third-order valence-corrected chi connectivity index (χ3v) is 3.78. The van der Waals surface area contributed by atoms with Gasteiger partial charge in [-0.1, -0.05) is 20.3 Å². The maximum Gasteiger partial charge on any atom is 0.0544 e. The van der Waals surface area contributed by atoms with Gasteiger partial charge in [-0.15, -0.1) is 0 Å². The van der Waals surface area contributed by atoms with E-state index >= 15 is 0 Å². The fraction of sp³-hybridized carbons (Fsp3) is 1.00. The molecule has 0 aromatic heterocycles. The van der Waals surface area contributed by atoms with Gasteiger partial charge in [-0.3, -0.25) is 0 Å². The lowest BCUT2D eigenvalue weighted by atomic mass is 10.00. The molecule has 0 aromatic carbocycles. The van der Waals surface area contributed by atoms with Crippen molar-refractivity contribution >= 4 is 0 Å². The maximum atomic E-state index is 5.78. The average Bonchev–Trinajstić information content (AvgIpc) is 2.73. The molecule has 3 atom stereocenters. The molecule has 0 aliphatic heterocycles. The van der Waals surface area contributed by atoms with E-state index < -0.39 is 0 Å². The smallest absolute Gasteiger partial charge is 0.0544 e. The van der Waals surface area contributed by atoms with E-state index in [0.29, 0.717) is 6.10 Å². The Balaban J connectivity index is 2.14. The van der Waals surface area contributed by atoms with Crippen molar-refractivity contribution in [3.63, 3.8) is 0 Å². The maximum absolute atomic E-state index is 5.78. The second kappa shape index (κ2) is 8.08. The lowest BCUT2D eigenvalue weighted by Crippen LogP contribution is -2.33. The summed E-state index contributed by atoms with van der Waals surface area (Å²) in [7, 11) is 0. The first-order chi connectivity index (χ1) is 7.77. The van der Waals surface area contributed by atoms with E-state index in [2.05, 4.69) is 26.1 Å². The lowest BCUT2D eigenvalue weighted by molar-refractivity contribution is 0.0526. The zero-order chi connectivity index (χ0) is 11.8. The first-order valence-corrected chi connectivity index (χ1v) is 7.12. The van der Waals surface area contributed by atoms with E-state index in [9.17, 15) is 0 Å². The second-order valence-electron chi connectivity index (χ2n) is 5.13. The van der Waals surface area contributed by atoms with Crippen LogP contribution in [0.4, 0.5) is 0 Å². The Hall–Kier alpha value is -0.0800. The van der Waals surface area contributed by atoms with Crippen molar-refractivity contribution in [2.75, 3.05) is 13.2 Å². The third kappa shape index (κ3) is 4.84. The summed E-state index contributed by atoms with van der Waals surface area (Å²) in [5.74, 6) is 0.857. The van der Waals surface area contributed by atoms with Crippen molar-refractivity contribution in [2.45, 2.75) is 71.4 Å². The molecule has 0 bridgehead atoms. The van der Waals surface area contributed by atoms with Crippen LogP contribution in [0.3, 0.4) is 0 Å². The van der Waals surface area contributed by atoms with E-state index in [1.807, 2.05) is 0 Å². The summed E-state index contributed by atoms with van der Waals surface area (Å²) in [6, 6.07) is 0.764. The van der Waals surface area contributed by atoms with Crippen LogP contribution in [0.1, 0.15) is 59.3 Å². The standard InChI is InChI=1S/C14H29NO/c1-4-10-15-14-8-6-7-13(14)9-11-16-12(3)5-2/h12-15H,4-11H2,1-3H3. The molecule has 0 aromatic rings. The predicted octanol–water partition coefficient (Wildman–Crippen LogP) is 3.36. The van der Waals surface area contributed by atoms with Crippen LogP contribution in [0.5, 0.6) is 0 Å². The Morgan fingerprint density at radius 1 is 1.31 bits per heavy atom. The first-order valence-electron chi connectivity index (χ1n) is 7.12. The van der Waals surface area contributed by atoms with Crippen LogP contribution in [0.15, 0.2) is 0 Å². The van der Waals surface area contributed by atoms with Gasteiger partial charge in [-0.2, -0.15) is 0 Å². The van der Waals surface area contributed by atoms with Gasteiger partial charge in [0.1, 0.15) is 0 Å². The minimum absolute atomic E-state index is 0.434. The van der Waals surface area contributed by atoms with Crippen molar-refractivity contribution in [2.24, 2.45) is 5.92 Å². The molecule has 0 radical (unpaired) electrons. The molecule has 1 saturated carbocycles. The molecule has 16 heavy (non-hydrogen) atoms. The van der Waals surface area contributed by atoms with Gasteiger partial charge in [0.25, 0.3) is 0 Å². The quantitative estimate of drug-likeness (QED) is 0.686. The van der Waals surface area contributed by atoms with E-state index in [1.165, 1.54) is 38.6 Å². The molecule has 3 unspecified atom stereocenters. The molecule has 1 fully saturated rings. The van der Waals surface area contributed by atoms with Crippen molar-refractivity contribution in [1.82, 2.24) is 5.32 Å². The van der Waals surface area contributed by atoms with E-state index in [0.717, 1.165) is 25.0 Å². The van der Waals surface area contributed by atoms with Gasteiger partial charge >= 0.3 is 0 Å². The Morgan fingerprint density at radius 3 is 2.81 bits per heavy atom. The molecule has 2 nitrogen and oxygen atoms in total. The Bertz CT molecular complexity index is 172. The van der Waals surface area contributed by atoms with Gasteiger partial charge in [0, 0.05) is 12.6 Å². The van der Waals surface area contributed by atoms with Crippen LogP contribution in [0, 0.1) is 5.92 Å². The van der Waals surface area contributed by atoms with Crippen LogP contribution >= 0.6 is 0 Å². The summed E-state index contributed by atoms with van der Waals surface area (Å²) >= 11 is 0. The van der Waals surface area contributed by atoms with Gasteiger partial charge in [-0.25, -0.2) is 0 Å².